The van der Waals surface area contributed by atoms with Crippen LogP contribution in [0.1, 0.15) is 26.3 Å². The Balaban J connectivity index is 2.75. The molecule has 4 nitrogen and oxygen atoms in total. The third-order valence-corrected chi connectivity index (χ3v) is 4.72. The lowest BCUT2D eigenvalue weighted by Crippen LogP contribution is -2.39. The van der Waals surface area contributed by atoms with Crippen molar-refractivity contribution < 1.29 is 13.2 Å². The molecule has 1 amide bonds. The molecule has 0 saturated carbocycles. The predicted molar refractivity (Wildman–Crippen MR) is 75.7 cm³/mol. The molecule has 1 unspecified atom stereocenters. The molecule has 0 aromatic heterocycles. The van der Waals surface area contributed by atoms with E-state index in [2.05, 4.69) is 5.32 Å². The smallest absolute Gasteiger partial charge is 0.235 e. The lowest BCUT2D eigenvalue weighted by Gasteiger charge is -2.17. The van der Waals surface area contributed by atoms with Gasteiger partial charge in [-0.25, -0.2) is 8.42 Å². The second kappa shape index (κ2) is 6.19. The Hall–Kier alpha value is -1.36. The van der Waals surface area contributed by atoms with Crippen molar-refractivity contribution in [2.45, 2.75) is 38.6 Å². The second-order valence-electron chi connectivity index (χ2n) is 5.17. The number of carbonyl (C=O) groups excluding carboxylic acids is 1. The van der Waals surface area contributed by atoms with Crippen molar-refractivity contribution >= 4 is 15.7 Å². The second-order valence-corrected chi connectivity index (χ2v) is 7.16. The van der Waals surface area contributed by atoms with Crippen LogP contribution < -0.4 is 5.32 Å². The molecule has 1 aromatic rings. The molecule has 0 aliphatic heterocycles. The number of aryl methyl sites for hydroxylation is 1. The number of carbonyl (C=O) groups is 1. The van der Waals surface area contributed by atoms with Gasteiger partial charge in [0.05, 0.1) is 4.90 Å². The zero-order valence-corrected chi connectivity index (χ0v) is 12.6. The van der Waals surface area contributed by atoms with Gasteiger partial charge in [0.25, 0.3) is 0 Å². The molecular weight excluding hydrogens is 262 g/mol. The van der Waals surface area contributed by atoms with E-state index in [0.29, 0.717) is 0 Å². The number of amides is 1. The Morgan fingerprint density at radius 1 is 1.16 bits per heavy atom. The van der Waals surface area contributed by atoms with E-state index in [0.717, 1.165) is 5.56 Å². The SMILES string of the molecule is Cc1ccc(S(=O)(=O)CC(=O)NC(C)C(C)C)cc1. The fourth-order valence-corrected chi connectivity index (χ4v) is 2.61. The number of hydrogen-bond acceptors (Lipinski definition) is 3. The Kier molecular flexibility index (Phi) is 5.11. The Labute approximate surface area is 115 Å². The van der Waals surface area contributed by atoms with Gasteiger partial charge in [-0.1, -0.05) is 31.5 Å². The normalized spacial score (nSPS) is 13.3. The van der Waals surface area contributed by atoms with Crippen LogP contribution in [0, 0.1) is 12.8 Å². The zero-order chi connectivity index (χ0) is 14.6. The van der Waals surface area contributed by atoms with E-state index < -0.39 is 21.5 Å². The summed E-state index contributed by atoms with van der Waals surface area (Å²) in [6, 6.07) is 6.47. The molecule has 0 aliphatic carbocycles. The number of benzene rings is 1. The van der Waals surface area contributed by atoms with Crippen molar-refractivity contribution in [3.63, 3.8) is 0 Å². The summed E-state index contributed by atoms with van der Waals surface area (Å²) in [5, 5.41) is 2.70. The summed E-state index contributed by atoms with van der Waals surface area (Å²) in [6.45, 7) is 7.69. The molecule has 0 spiro atoms. The maximum absolute atomic E-state index is 12.0. The molecule has 1 rings (SSSR count). The third-order valence-electron chi connectivity index (χ3n) is 3.09. The highest BCUT2D eigenvalue weighted by molar-refractivity contribution is 7.92. The molecule has 0 fully saturated rings. The molecule has 5 heteroatoms. The van der Waals surface area contributed by atoms with Crippen LogP contribution in [-0.2, 0) is 14.6 Å². The summed E-state index contributed by atoms with van der Waals surface area (Å²) in [5.41, 5.74) is 0.983. The van der Waals surface area contributed by atoms with E-state index in [1.54, 1.807) is 12.1 Å². The number of hydrogen-bond donors (Lipinski definition) is 1. The monoisotopic (exact) mass is 283 g/mol. The van der Waals surface area contributed by atoms with Crippen LogP contribution in [0.15, 0.2) is 29.2 Å². The highest BCUT2D eigenvalue weighted by Crippen LogP contribution is 2.12. The summed E-state index contributed by atoms with van der Waals surface area (Å²) >= 11 is 0. The van der Waals surface area contributed by atoms with Crippen LogP contribution in [0.25, 0.3) is 0 Å². The van der Waals surface area contributed by atoms with Crippen LogP contribution in [-0.4, -0.2) is 26.1 Å². The number of rotatable bonds is 5. The van der Waals surface area contributed by atoms with Crippen LogP contribution in [0.2, 0.25) is 0 Å². The molecule has 106 valence electrons. The van der Waals surface area contributed by atoms with Crippen molar-refractivity contribution in [1.29, 1.82) is 0 Å². The first-order valence-corrected chi connectivity index (χ1v) is 7.96. The van der Waals surface area contributed by atoms with Crippen molar-refractivity contribution in [2.75, 3.05) is 5.75 Å². The topological polar surface area (TPSA) is 63.2 Å². The molecule has 1 N–H and O–H groups in total. The number of sulfone groups is 1. The van der Waals surface area contributed by atoms with Gasteiger partial charge in [-0.2, -0.15) is 0 Å². The van der Waals surface area contributed by atoms with Crippen LogP contribution in [0.3, 0.4) is 0 Å². The van der Waals surface area contributed by atoms with Gasteiger partial charge in [0.1, 0.15) is 5.75 Å². The van der Waals surface area contributed by atoms with Gasteiger partial charge in [-0.3, -0.25) is 4.79 Å². The Bertz CT molecular complexity index is 532. The predicted octanol–water partition coefficient (Wildman–Crippen LogP) is 1.93. The molecule has 0 saturated heterocycles. The van der Waals surface area contributed by atoms with Gasteiger partial charge in [-0.15, -0.1) is 0 Å². The Morgan fingerprint density at radius 2 is 1.68 bits per heavy atom. The summed E-state index contributed by atoms with van der Waals surface area (Å²) in [4.78, 5) is 11.9. The highest BCUT2D eigenvalue weighted by atomic mass is 32.2. The van der Waals surface area contributed by atoms with E-state index in [1.165, 1.54) is 12.1 Å². The van der Waals surface area contributed by atoms with E-state index in [1.807, 2.05) is 27.7 Å². The van der Waals surface area contributed by atoms with E-state index in [-0.39, 0.29) is 16.9 Å². The standard InChI is InChI=1S/C14H21NO3S/c1-10(2)12(4)15-14(16)9-19(17,18)13-7-5-11(3)6-8-13/h5-8,10,12H,9H2,1-4H3,(H,15,16). The quantitative estimate of drug-likeness (QED) is 0.898. The summed E-state index contributed by atoms with van der Waals surface area (Å²) < 4.78 is 24.1. The average Bonchev–Trinajstić information content (AvgIpc) is 2.28. The first-order chi connectivity index (χ1) is 8.72. The van der Waals surface area contributed by atoms with Gasteiger partial charge in [0, 0.05) is 6.04 Å². The molecular formula is C14H21NO3S. The summed E-state index contributed by atoms with van der Waals surface area (Å²) in [7, 11) is -3.56. The molecule has 1 atom stereocenters. The van der Waals surface area contributed by atoms with Crippen molar-refractivity contribution in [3.05, 3.63) is 29.8 Å². The van der Waals surface area contributed by atoms with Crippen molar-refractivity contribution in [1.82, 2.24) is 5.32 Å². The first-order valence-electron chi connectivity index (χ1n) is 6.31. The van der Waals surface area contributed by atoms with Crippen molar-refractivity contribution in [3.8, 4) is 0 Å². The van der Waals surface area contributed by atoms with Crippen LogP contribution in [0.4, 0.5) is 0 Å². The van der Waals surface area contributed by atoms with Gasteiger partial charge < -0.3 is 5.32 Å². The molecule has 0 bridgehead atoms. The lowest BCUT2D eigenvalue weighted by atomic mass is 10.1. The minimum atomic E-state index is -3.56. The molecule has 0 aliphatic rings. The number of nitrogens with one attached hydrogen (secondary N) is 1. The largest absolute Gasteiger partial charge is 0.353 e. The lowest BCUT2D eigenvalue weighted by molar-refractivity contribution is -0.119. The fourth-order valence-electron chi connectivity index (χ4n) is 1.46. The molecule has 0 heterocycles. The van der Waals surface area contributed by atoms with E-state index in [9.17, 15) is 13.2 Å². The van der Waals surface area contributed by atoms with Crippen LogP contribution >= 0.6 is 0 Å². The maximum atomic E-state index is 12.0. The summed E-state index contributed by atoms with van der Waals surface area (Å²) in [5.74, 6) is -0.694. The maximum Gasteiger partial charge on any atom is 0.235 e. The van der Waals surface area contributed by atoms with Gasteiger partial charge >= 0.3 is 0 Å². The molecule has 1 aromatic carbocycles. The molecule has 19 heavy (non-hydrogen) atoms. The fraction of sp³-hybridized carbons (Fsp3) is 0.500. The molecule has 0 radical (unpaired) electrons. The average molecular weight is 283 g/mol. The minimum absolute atomic E-state index is 0.0410. The van der Waals surface area contributed by atoms with Crippen molar-refractivity contribution in [2.24, 2.45) is 5.92 Å². The minimum Gasteiger partial charge on any atom is -0.353 e. The van der Waals surface area contributed by atoms with Crippen LogP contribution in [0.5, 0.6) is 0 Å². The van der Waals surface area contributed by atoms with E-state index in [4.69, 9.17) is 0 Å². The third kappa shape index (κ3) is 4.67. The zero-order valence-electron chi connectivity index (χ0n) is 11.8. The summed E-state index contributed by atoms with van der Waals surface area (Å²) in [6.07, 6.45) is 0. The van der Waals surface area contributed by atoms with E-state index >= 15 is 0 Å². The first kappa shape index (κ1) is 15.7. The van der Waals surface area contributed by atoms with Gasteiger partial charge in [0.15, 0.2) is 9.84 Å². The van der Waals surface area contributed by atoms with Gasteiger partial charge in [0.2, 0.25) is 5.91 Å². The highest BCUT2D eigenvalue weighted by Gasteiger charge is 2.20. The van der Waals surface area contributed by atoms with Gasteiger partial charge in [-0.05, 0) is 31.9 Å². The Morgan fingerprint density at radius 3 is 2.16 bits per heavy atom.